The molecule has 0 saturated carbocycles. The molecule has 1 fully saturated rings. The van der Waals surface area contributed by atoms with Crippen LogP contribution in [0.5, 0.6) is 0 Å². The number of anilines is 2. The summed E-state index contributed by atoms with van der Waals surface area (Å²) < 4.78 is 0. The minimum absolute atomic E-state index is 0.0808. The summed E-state index contributed by atoms with van der Waals surface area (Å²) in [5.74, 6) is 0.407. The van der Waals surface area contributed by atoms with Gasteiger partial charge in [0, 0.05) is 38.0 Å². The van der Waals surface area contributed by atoms with Crippen molar-refractivity contribution in [1.29, 1.82) is 0 Å². The molecule has 1 aliphatic heterocycles. The molecule has 3 heterocycles. The van der Waals surface area contributed by atoms with Gasteiger partial charge in [-0.15, -0.1) is 0 Å². The average molecular weight is 339 g/mol. The Morgan fingerprint density at radius 3 is 2.60 bits per heavy atom. The van der Waals surface area contributed by atoms with Gasteiger partial charge in [-0.25, -0.2) is 9.97 Å². The summed E-state index contributed by atoms with van der Waals surface area (Å²) in [6.07, 6.45) is 6.41. The maximum Gasteiger partial charge on any atom is 0.257 e. The summed E-state index contributed by atoms with van der Waals surface area (Å²) in [5, 5.41) is 2.65. The van der Waals surface area contributed by atoms with Crippen LogP contribution in [-0.2, 0) is 4.79 Å². The van der Waals surface area contributed by atoms with Crippen LogP contribution in [0.25, 0.3) is 11.1 Å². The normalized spacial score (nSPS) is 14.2. The molecular weight excluding hydrogens is 318 g/mol. The number of pyridine rings is 2. The molecule has 7 nitrogen and oxygen atoms in total. The summed E-state index contributed by atoms with van der Waals surface area (Å²) in [4.78, 5) is 34.1. The molecule has 130 valence electrons. The van der Waals surface area contributed by atoms with Crippen molar-refractivity contribution in [3.8, 4) is 11.1 Å². The lowest BCUT2D eigenvalue weighted by Crippen LogP contribution is -2.36. The van der Waals surface area contributed by atoms with Crippen LogP contribution in [0.1, 0.15) is 36.5 Å². The monoisotopic (exact) mass is 339 g/mol. The number of carbonyl (C=O) groups excluding carboxylic acids is 2. The molecule has 0 unspecified atom stereocenters. The SMILES string of the molecule is CC(=O)Nc1cc(-c2cnc(N)c(C(=O)N3CCCCC3)c2)ccn1. The van der Waals surface area contributed by atoms with Crippen molar-refractivity contribution < 1.29 is 9.59 Å². The number of amides is 2. The summed E-state index contributed by atoms with van der Waals surface area (Å²) in [6, 6.07) is 5.30. The number of hydrogen-bond acceptors (Lipinski definition) is 5. The fourth-order valence-electron chi connectivity index (χ4n) is 2.93. The first-order valence-electron chi connectivity index (χ1n) is 8.33. The number of nitrogen functional groups attached to an aromatic ring is 1. The molecule has 2 aromatic heterocycles. The van der Waals surface area contributed by atoms with E-state index in [2.05, 4.69) is 15.3 Å². The molecule has 2 aromatic rings. The maximum absolute atomic E-state index is 12.8. The van der Waals surface area contributed by atoms with E-state index in [-0.39, 0.29) is 17.6 Å². The third-order valence-corrected chi connectivity index (χ3v) is 4.19. The predicted octanol–water partition coefficient (Wildman–Crippen LogP) is 2.31. The van der Waals surface area contributed by atoms with E-state index in [0.717, 1.165) is 43.5 Å². The lowest BCUT2D eigenvalue weighted by Gasteiger charge is -2.27. The van der Waals surface area contributed by atoms with Crippen LogP contribution in [0.3, 0.4) is 0 Å². The zero-order chi connectivity index (χ0) is 17.8. The largest absolute Gasteiger partial charge is 0.383 e. The number of rotatable bonds is 3. The van der Waals surface area contributed by atoms with Gasteiger partial charge in [-0.2, -0.15) is 0 Å². The number of nitrogens with one attached hydrogen (secondary N) is 1. The number of piperidine rings is 1. The summed E-state index contributed by atoms with van der Waals surface area (Å²) in [7, 11) is 0. The zero-order valence-electron chi connectivity index (χ0n) is 14.2. The van der Waals surface area contributed by atoms with E-state index in [4.69, 9.17) is 5.73 Å². The lowest BCUT2D eigenvalue weighted by atomic mass is 10.0. The maximum atomic E-state index is 12.8. The first-order chi connectivity index (χ1) is 12.0. The highest BCUT2D eigenvalue weighted by atomic mass is 16.2. The van der Waals surface area contributed by atoms with Crippen molar-refractivity contribution in [3.63, 3.8) is 0 Å². The van der Waals surface area contributed by atoms with Gasteiger partial charge in [-0.1, -0.05) is 0 Å². The van der Waals surface area contributed by atoms with E-state index < -0.39 is 0 Å². The molecule has 0 spiro atoms. The van der Waals surface area contributed by atoms with Gasteiger partial charge in [0.25, 0.3) is 5.91 Å². The third-order valence-electron chi connectivity index (χ3n) is 4.19. The minimum Gasteiger partial charge on any atom is -0.383 e. The van der Waals surface area contributed by atoms with E-state index in [1.54, 1.807) is 30.6 Å². The van der Waals surface area contributed by atoms with Crippen molar-refractivity contribution in [1.82, 2.24) is 14.9 Å². The summed E-state index contributed by atoms with van der Waals surface area (Å²) in [5.41, 5.74) is 7.91. The number of nitrogens with zero attached hydrogens (tertiary/aromatic N) is 3. The van der Waals surface area contributed by atoms with Crippen LogP contribution in [0.4, 0.5) is 11.6 Å². The fraction of sp³-hybridized carbons (Fsp3) is 0.333. The van der Waals surface area contributed by atoms with Crippen LogP contribution < -0.4 is 11.1 Å². The Morgan fingerprint density at radius 1 is 1.12 bits per heavy atom. The Balaban J connectivity index is 1.91. The highest BCUT2D eigenvalue weighted by Crippen LogP contribution is 2.25. The van der Waals surface area contributed by atoms with Crippen molar-refractivity contribution in [2.45, 2.75) is 26.2 Å². The first kappa shape index (κ1) is 16.9. The van der Waals surface area contributed by atoms with Gasteiger partial charge in [0.15, 0.2) is 0 Å². The quantitative estimate of drug-likeness (QED) is 0.893. The lowest BCUT2D eigenvalue weighted by molar-refractivity contribution is -0.114. The van der Waals surface area contributed by atoms with Gasteiger partial charge < -0.3 is 16.0 Å². The molecule has 3 N–H and O–H groups in total. The topological polar surface area (TPSA) is 101 Å². The van der Waals surface area contributed by atoms with E-state index in [0.29, 0.717) is 11.4 Å². The van der Waals surface area contributed by atoms with E-state index >= 15 is 0 Å². The van der Waals surface area contributed by atoms with Crippen LogP contribution in [0.15, 0.2) is 30.6 Å². The second-order valence-corrected chi connectivity index (χ2v) is 6.12. The molecule has 0 radical (unpaired) electrons. The Labute approximate surface area is 146 Å². The van der Waals surface area contributed by atoms with E-state index in [1.165, 1.54) is 6.92 Å². The molecular formula is C18H21N5O2. The Bertz CT molecular complexity index is 800. The number of aromatic nitrogens is 2. The average Bonchev–Trinajstić information content (AvgIpc) is 2.62. The summed E-state index contributed by atoms with van der Waals surface area (Å²) >= 11 is 0. The van der Waals surface area contributed by atoms with Crippen molar-refractivity contribution in [2.75, 3.05) is 24.1 Å². The highest BCUT2D eigenvalue weighted by Gasteiger charge is 2.21. The van der Waals surface area contributed by atoms with Crippen LogP contribution in [-0.4, -0.2) is 39.8 Å². The van der Waals surface area contributed by atoms with Gasteiger partial charge >= 0.3 is 0 Å². The van der Waals surface area contributed by atoms with E-state index in [9.17, 15) is 9.59 Å². The number of carbonyl (C=O) groups is 2. The standard InChI is InChI=1S/C18H21N5O2/c1-12(24)22-16-10-13(5-6-20-16)14-9-15(17(19)21-11-14)18(25)23-7-3-2-4-8-23/h5-6,9-11H,2-4,7-8H2,1H3,(H2,19,21)(H,20,22,24). The third kappa shape index (κ3) is 3.93. The number of nitrogens with two attached hydrogens (primary N) is 1. The van der Waals surface area contributed by atoms with Gasteiger partial charge in [0.2, 0.25) is 5.91 Å². The highest BCUT2D eigenvalue weighted by molar-refractivity contribution is 5.99. The molecule has 0 bridgehead atoms. The zero-order valence-corrected chi connectivity index (χ0v) is 14.2. The molecule has 0 aliphatic carbocycles. The second-order valence-electron chi connectivity index (χ2n) is 6.12. The minimum atomic E-state index is -0.193. The Hall–Kier alpha value is -2.96. The fourth-order valence-corrected chi connectivity index (χ4v) is 2.93. The van der Waals surface area contributed by atoms with Gasteiger partial charge in [-0.3, -0.25) is 9.59 Å². The smallest absolute Gasteiger partial charge is 0.257 e. The molecule has 3 rings (SSSR count). The van der Waals surface area contributed by atoms with Crippen LogP contribution >= 0.6 is 0 Å². The number of likely N-dealkylation sites (tertiary alicyclic amines) is 1. The molecule has 0 aromatic carbocycles. The van der Waals surface area contributed by atoms with Crippen molar-refractivity contribution in [3.05, 3.63) is 36.2 Å². The van der Waals surface area contributed by atoms with Gasteiger partial charge in [0.1, 0.15) is 11.6 Å². The van der Waals surface area contributed by atoms with Gasteiger partial charge in [0.05, 0.1) is 5.56 Å². The summed E-state index contributed by atoms with van der Waals surface area (Å²) in [6.45, 7) is 2.93. The molecule has 0 atom stereocenters. The number of hydrogen-bond donors (Lipinski definition) is 2. The molecule has 1 aliphatic rings. The van der Waals surface area contributed by atoms with Crippen LogP contribution in [0, 0.1) is 0 Å². The Kier molecular flexibility index (Phi) is 4.92. The van der Waals surface area contributed by atoms with Crippen molar-refractivity contribution >= 4 is 23.5 Å². The first-order valence-corrected chi connectivity index (χ1v) is 8.33. The predicted molar refractivity (Wildman–Crippen MR) is 95.9 cm³/mol. The molecule has 2 amide bonds. The molecule has 1 saturated heterocycles. The van der Waals surface area contributed by atoms with E-state index in [1.807, 2.05) is 4.90 Å². The Morgan fingerprint density at radius 2 is 1.88 bits per heavy atom. The van der Waals surface area contributed by atoms with Crippen molar-refractivity contribution in [2.24, 2.45) is 0 Å². The molecule has 7 heteroatoms. The second kappa shape index (κ2) is 7.29. The van der Waals surface area contributed by atoms with Gasteiger partial charge in [-0.05, 0) is 43.0 Å². The van der Waals surface area contributed by atoms with Crippen LogP contribution in [0.2, 0.25) is 0 Å². The molecule has 25 heavy (non-hydrogen) atoms.